The molecule has 0 fully saturated rings. The number of nitrogens with one attached hydrogen (secondary N) is 1. The second-order valence-corrected chi connectivity index (χ2v) is 10.3. The monoisotopic (exact) mass is 539 g/mol. The second kappa shape index (κ2) is 9.96. The first-order valence-corrected chi connectivity index (χ1v) is 13.2. The number of ether oxygens (including phenoxy) is 1. The number of carbonyl (C=O) groups is 1. The van der Waals surface area contributed by atoms with Crippen LogP contribution in [-0.4, -0.2) is 38.1 Å². The predicted molar refractivity (Wildman–Crippen MR) is 154 cm³/mol. The molecule has 38 heavy (non-hydrogen) atoms. The fraction of sp³-hybridized carbons (Fsp3) is 0.103. The first kappa shape index (κ1) is 24.2. The summed E-state index contributed by atoms with van der Waals surface area (Å²) in [7, 11) is 0. The zero-order valence-corrected chi connectivity index (χ0v) is 22.0. The average Bonchev–Trinajstić information content (AvgIpc) is 3.46. The summed E-state index contributed by atoms with van der Waals surface area (Å²) in [4.78, 5) is 17.3. The van der Waals surface area contributed by atoms with Crippen LogP contribution in [0, 0.1) is 12.3 Å². The van der Waals surface area contributed by atoms with Gasteiger partial charge in [-0.1, -0.05) is 66.2 Å². The van der Waals surface area contributed by atoms with Crippen LogP contribution in [0.15, 0.2) is 94.5 Å². The zero-order chi connectivity index (χ0) is 26.2. The number of fused-ring (bicyclic) bond motifs is 2. The Kier molecular flexibility index (Phi) is 6.35. The maximum absolute atomic E-state index is 13.1. The van der Waals surface area contributed by atoms with Crippen LogP contribution in [0.4, 0.5) is 0 Å². The van der Waals surface area contributed by atoms with Crippen molar-refractivity contribution in [1.82, 2.24) is 9.58 Å². The third kappa shape index (κ3) is 4.42. The minimum absolute atomic E-state index is 0.00968. The van der Waals surface area contributed by atoms with E-state index in [1.54, 1.807) is 6.08 Å². The maximum Gasteiger partial charge on any atom is 0.283 e. The minimum atomic E-state index is -0.462. The molecule has 9 heteroatoms. The van der Waals surface area contributed by atoms with E-state index >= 15 is 0 Å². The Hall–Kier alpha value is -4.14. The lowest BCUT2D eigenvalue weighted by atomic mass is 10.1. The molecule has 0 saturated heterocycles. The van der Waals surface area contributed by atoms with Gasteiger partial charge in [0, 0.05) is 33.7 Å². The van der Waals surface area contributed by atoms with Gasteiger partial charge in [0.15, 0.2) is 5.84 Å². The van der Waals surface area contributed by atoms with Crippen molar-refractivity contribution in [3.63, 3.8) is 0 Å². The van der Waals surface area contributed by atoms with Gasteiger partial charge >= 0.3 is 0 Å². The Balaban J connectivity index is 1.33. The van der Waals surface area contributed by atoms with E-state index in [9.17, 15) is 4.79 Å². The van der Waals surface area contributed by atoms with Crippen molar-refractivity contribution in [2.45, 2.75) is 13.5 Å². The lowest BCUT2D eigenvalue weighted by Crippen LogP contribution is -2.35. The van der Waals surface area contributed by atoms with Crippen LogP contribution in [-0.2, 0) is 11.3 Å². The third-order valence-electron chi connectivity index (χ3n) is 6.46. The smallest absolute Gasteiger partial charge is 0.283 e. The average molecular weight is 540 g/mol. The molecule has 0 bridgehead atoms. The number of para-hydroxylation sites is 2. The fourth-order valence-corrected chi connectivity index (χ4v) is 5.53. The molecule has 0 aliphatic carbocycles. The fourth-order valence-electron chi connectivity index (χ4n) is 4.54. The first-order chi connectivity index (χ1) is 18.5. The van der Waals surface area contributed by atoms with Crippen molar-refractivity contribution in [2.75, 3.05) is 6.61 Å². The summed E-state index contributed by atoms with van der Waals surface area (Å²) in [6.45, 7) is 2.82. The molecular weight excluding hydrogens is 518 g/mol. The highest BCUT2D eigenvalue weighted by molar-refractivity contribution is 8.27. The molecule has 7 nitrogen and oxygen atoms in total. The lowest BCUT2D eigenvalue weighted by Gasteiger charge is -2.20. The number of rotatable bonds is 6. The molecule has 0 saturated carbocycles. The van der Waals surface area contributed by atoms with Crippen LogP contribution in [0.5, 0.6) is 5.75 Å². The number of amidine groups is 2. The van der Waals surface area contributed by atoms with Gasteiger partial charge in [-0.15, -0.1) is 0 Å². The Morgan fingerprint density at radius 2 is 1.76 bits per heavy atom. The summed E-state index contributed by atoms with van der Waals surface area (Å²) in [5.41, 5.74) is 4.03. The van der Waals surface area contributed by atoms with E-state index in [0.717, 1.165) is 33.5 Å². The SMILES string of the molecule is Cc1c(/C=C2\C(=N)N3N=C(COc4ccccc4)SC3=NC2=O)c2ccccc2n1Cc1ccccc1Cl. The van der Waals surface area contributed by atoms with Crippen LogP contribution in [0.25, 0.3) is 17.0 Å². The van der Waals surface area contributed by atoms with E-state index in [1.807, 2.05) is 85.8 Å². The van der Waals surface area contributed by atoms with E-state index in [1.165, 1.54) is 16.8 Å². The molecule has 188 valence electrons. The number of aromatic nitrogens is 1. The molecule has 1 N–H and O–H groups in total. The van der Waals surface area contributed by atoms with Crippen molar-refractivity contribution >= 4 is 62.3 Å². The lowest BCUT2D eigenvalue weighted by molar-refractivity contribution is -0.114. The standard InChI is InChI=1S/C29H22ClN5O2S/c1-18-22(21-12-6-8-14-25(21)34(18)16-19-9-5-7-13-24(19)30)15-23-27(31)35-29(32-28(23)36)38-26(33-35)17-37-20-10-3-2-4-11-20/h2-15,31H,16-17H2,1H3/b23-15+,31-27?. The number of aliphatic imine (C=N–C) groups is 1. The molecule has 1 aromatic heterocycles. The summed E-state index contributed by atoms with van der Waals surface area (Å²) in [5.74, 6) is 0.249. The summed E-state index contributed by atoms with van der Waals surface area (Å²) in [5, 5.41) is 17.4. The molecule has 0 spiro atoms. The van der Waals surface area contributed by atoms with Crippen molar-refractivity contribution < 1.29 is 9.53 Å². The van der Waals surface area contributed by atoms with Gasteiger partial charge in [-0.3, -0.25) is 10.2 Å². The van der Waals surface area contributed by atoms with Gasteiger partial charge in [0.05, 0.1) is 5.57 Å². The third-order valence-corrected chi connectivity index (χ3v) is 7.71. The van der Waals surface area contributed by atoms with E-state index in [0.29, 0.717) is 21.8 Å². The van der Waals surface area contributed by atoms with Gasteiger partial charge in [0.1, 0.15) is 17.4 Å². The predicted octanol–water partition coefficient (Wildman–Crippen LogP) is 6.35. The molecule has 1 amide bonds. The summed E-state index contributed by atoms with van der Waals surface area (Å²) >= 11 is 7.69. The highest BCUT2D eigenvalue weighted by atomic mass is 35.5. The van der Waals surface area contributed by atoms with Gasteiger partial charge in [0.25, 0.3) is 5.91 Å². The van der Waals surface area contributed by atoms with Crippen molar-refractivity contribution in [3.05, 3.63) is 106 Å². The number of halogens is 1. The number of carbonyl (C=O) groups excluding carboxylic acids is 1. The normalized spacial score (nSPS) is 16.2. The van der Waals surface area contributed by atoms with Crippen molar-refractivity contribution in [2.24, 2.45) is 10.1 Å². The molecular formula is C29H22ClN5O2S. The van der Waals surface area contributed by atoms with E-state index in [-0.39, 0.29) is 18.0 Å². The van der Waals surface area contributed by atoms with Crippen molar-refractivity contribution in [1.29, 1.82) is 5.41 Å². The van der Waals surface area contributed by atoms with Crippen LogP contribution in [0.3, 0.4) is 0 Å². The van der Waals surface area contributed by atoms with Gasteiger partial charge in [-0.25, -0.2) is 0 Å². The second-order valence-electron chi connectivity index (χ2n) is 8.81. The molecule has 3 aromatic carbocycles. The molecule has 0 unspecified atom stereocenters. The highest BCUT2D eigenvalue weighted by Crippen LogP contribution is 2.33. The quantitative estimate of drug-likeness (QED) is 0.289. The molecule has 2 aliphatic rings. The molecule has 4 aromatic rings. The van der Waals surface area contributed by atoms with Crippen LogP contribution >= 0.6 is 23.4 Å². The number of amides is 1. The maximum atomic E-state index is 13.1. The Bertz CT molecular complexity index is 1690. The van der Waals surface area contributed by atoms with Gasteiger partial charge in [-0.05, 0) is 54.6 Å². The molecule has 3 heterocycles. The van der Waals surface area contributed by atoms with Gasteiger partial charge in [-0.2, -0.15) is 15.1 Å². The Morgan fingerprint density at radius 3 is 2.58 bits per heavy atom. The van der Waals surface area contributed by atoms with Crippen LogP contribution in [0.2, 0.25) is 5.02 Å². The number of thioether (sulfide) groups is 1. The largest absolute Gasteiger partial charge is 0.487 e. The highest BCUT2D eigenvalue weighted by Gasteiger charge is 2.36. The summed E-state index contributed by atoms with van der Waals surface area (Å²) < 4.78 is 7.97. The number of hydrogen-bond donors (Lipinski definition) is 1. The van der Waals surface area contributed by atoms with Crippen LogP contribution in [0.1, 0.15) is 16.8 Å². The molecule has 0 radical (unpaired) electrons. The summed E-state index contributed by atoms with van der Waals surface area (Å²) in [6, 6.07) is 25.2. The van der Waals surface area contributed by atoms with Crippen molar-refractivity contribution in [3.8, 4) is 5.75 Å². The topological polar surface area (TPSA) is 83.0 Å². The van der Waals surface area contributed by atoms with Gasteiger partial charge in [0.2, 0.25) is 5.17 Å². The van der Waals surface area contributed by atoms with E-state index in [2.05, 4.69) is 14.7 Å². The first-order valence-electron chi connectivity index (χ1n) is 12.0. The van der Waals surface area contributed by atoms with Crippen LogP contribution < -0.4 is 4.74 Å². The zero-order valence-electron chi connectivity index (χ0n) is 20.4. The van der Waals surface area contributed by atoms with E-state index < -0.39 is 5.91 Å². The number of hydrogen-bond acceptors (Lipinski definition) is 5. The summed E-state index contributed by atoms with van der Waals surface area (Å²) in [6.07, 6.45) is 1.75. The Morgan fingerprint density at radius 1 is 1.03 bits per heavy atom. The number of benzene rings is 3. The van der Waals surface area contributed by atoms with Gasteiger partial charge < -0.3 is 9.30 Å². The molecule has 6 rings (SSSR count). The number of nitrogens with zero attached hydrogens (tertiary/aromatic N) is 4. The molecule has 2 aliphatic heterocycles. The Labute approximate surface area is 228 Å². The molecule has 0 atom stereocenters. The van der Waals surface area contributed by atoms with E-state index in [4.69, 9.17) is 21.7 Å². The number of hydrazone groups is 1. The minimum Gasteiger partial charge on any atom is -0.487 e.